The summed E-state index contributed by atoms with van der Waals surface area (Å²) < 4.78 is 0. The van der Waals surface area contributed by atoms with Gasteiger partial charge in [0.15, 0.2) is 6.29 Å². The summed E-state index contributed by atoms with van der Waals surface area (Å²) in [5.41, 5.74) is 2.14. The van der Waals surface area contributed by atoms with Crippen molar-refractivity contribution >= 4 is 23.7 Å². The second-order valence-corrected chi connectivity index (χ2v) is 4.72. The Bertz CT molecular complexity index is 757. The number of rotatable bonds is 2. The molecule has 0 aliphatic carbocycles. The van der Waals surface area contributed by atoms with Crippen molar-refractivity contribution in [3.8, 4) is 0 Å². The van der Waals surface area contributed by atoms with Gasteiger partial charge in [0, 0.05) is 10.6 Å². The summed E-state index contributed by atoms with van der Waals surface area (Å²) >= 11 is 6.24. The summed E-state index contributed by atoms with van der Waals surface area (Å²) in [7, 11) is 0. The summed E-state index contributed by atoms with van der Waals surface area (Å²) in [5.74, 6) is 0.223. The molecule has 1 aliphatic heterocycles. The molecule has 1 aromatic carbocycles. The van der Waals surface area contributed by atoms with Gasteiger partial charge in [-0.1, -0.05) is 29.8 Å². The molecule has 6 heteroatoms. The minimum atomic E-state index is -0.392. The number of carbonyl (C=O) groups excluding carboxylic acids is 1. The van der Waals surface area contributed by atoms with Crippen LogP contribution in [0.2, 0.25) is 5.02 Å². The number of fused-ring (bicyclic) bond motifs is 1. The molecule has 98 valence electrons. The van der Waals surface area contributed by atoms with Gasteiger partial charge in [0.05, 0.1) is 24.4 Å². The Morgan fingerprint density at radius 3 is 2.85 bits per heavy atom. The highest BCUT2D eigenvalue weighted by atomic mass is 35.5. The molecule has 0 amide bonds. The molecular weight excluding hydrogens is 276 g/mol. The average Bonchev–Trinajstić information content (AvgIpc) is 2.94. The predicted octanol–water partition coefficient (Wildman–Crippen LogP) is 2.95. The van der Waals surface area contributed by atoms with Crippen LogP contribution in [0.5, 0.6) is 0 Å². The first-order valence-corrected chi connectivity index (χ1v) is 6.25. The lowest BCUT2D eigenvalue weighted by atomic mass is 9.87. The highest BCUT2D eigenvalue weighted by molar-refractivity contribution is 6.31. The van der Waals surface area contributed by atoms with E-state index in [0.717, 1.165) is 11.1 Å². The van der Waals surface area contributed by atoms with Crippen molar-refractivity contribution in [2.75, 3.05) is 5.32 Å². The molecular formula is C14H9ClN4O. The largest absolute Gasteiger partial charge is 0.347 e. The van der Waals surface area contributed by atoms with Crippen molar-refractivity contribution < 1.29 is 4.79 Å². The molecule has 1 unspecified atom stereocenters. The number of H-pyrrole nitrogens is 1. The number of hydrogen-bond acceptors (Lipinski definition) is 3. The topological polar surface area (TPSA) is 62.1 Å². The molecule has 1 aromatic heterocycles. The first-order valence-electron chi connectivity index (χ1n) is 5.87. The highest BCUT2D eigenvalue weighted by Gasteiger charge is 2.32. The number of aromatic amines is 1. The number of aldehydes is 1. The molecule has 20 heavy (non-hydrogen) atoms. The van der Waals surface area contributed by atoms with Gasteiger partial charge in [-0.05, 0) is 11.6 Å². The molecule has 5 nitrogen and oxygen atoms in total. The SMILES string of the molecule is [C-]#[N+]C1=C(C=O)Nc2[nH]ncc2C1c1ccccc1Cl. The summed E-state index contributed by atoms with van der Waals surface area (Å²) in [5, 5.41) is 10.2. The monoisotopic (exact) mass is 284 g/mol. The van der Waals surface area contributed by atoms with Crippen molar-refractivity contribution in [1.82, 2.24) is 10.2 Å². The maximum Gasteiger partial charge on any atom is 0.203 e. The fraction of sp³-hybridized carbons (Fsp3) is 0.0714. The normalized spacial score (nSPS) is 17.1. The number of halogens is 1. The first-order chi connectivity index (χ1) is 9.76. The summed E-state index contributed by atoms with van der Waals surface area (Å²) in [4.78, 5) is 14.7. The lowest BCUT2D eigenvalue weighted by molar-refractivity contribution is -0.104. The Morgan fingerprint density at radius 1 is 1.35 bits per heavy atom. The zero-order chi connectivity index (χ0) is 14.1. The minimum Gasteiger partial charge on any atom is -0.347 e. The van der Waals surface area contributed by atoms with E-state index in [0.29, 0.717) is 22.8 Å². The Kier molecular flexibility index (Phi) is 3.01. The summed E-state index contributed by atoms with van der Waals surface area (Å²) in [6.45, 7) is 7.37. The number of anilines is 1. The van der Waals surface area contributed by atoms with Gasteiger partial charge < -0.3 is 5.32 Å². The number of hydrogen-bond donors (Lipinski definition) is 2. The van der Waals surface area contributed by atoms with Crippen LogP contribution in [-0.2, 0) is 4.79 Å². The molecule has 1 aliphatic rings. The second kappa shape index (κ2) is 4.83. The standard InChI is InChI=1S/C14H9ClN4O/c1-16-13-11(7-20)18-14-9(6-17-19-14)12(13)8-4-2-3-5-10(8)15/h2-7,12H,(H2,17,18,19). The molecule has 2 heterocycles. The molecule has 0 bridgehead atoms. The van der Waals surface area contributed by atoms with Crippen LogP contribution in [0.1, 0.15) is 17.0 Å². The van der Waals surface area contributed by atoms with E-state index in [-0.39, 0.29) is 5.70 Å². The van der Waals surface area contributed by atoms with Crippen molar-refractivity contribution in [2.45, 2.75) is 5.92 Å². The van der Waals surface area contributed by atoms with Crippen LogP contribution >= 0.6 is 11.6 Å². The Labute approximate surface area is 120 Å². The highest BCUT2D eigenvalue weighted by Crippen LogP contribution is 2.42. The van der Waals surface area contributed by atoms with Crippen LogP contribution in [0.3, 0.4) is 0 Å². The molecule has 2 aromatic rings. The van der Waals surface area contributed by atoms with Crippen LogP contribution in [0.4, 0.5) is 5.82 Å². The van der Waals surface area contributed by atoms with Gasteiger partial charge in [0.2, 0.25) is 5.70 Å². The first kappa shape index (κ1) is 12.5. The Balaban J connectivity index is 2.27. The lowest BCUT2D eigenvalue weighted by Gasteiger charge is -2.24. The van der Waals surface area contributed by atoms with Crippen molar-refractivity contribution in [1.29, 1.82) is 0 Å². The molecule has 2 N–H and O–H groups in total. The maximum atomic E-state index is 11.2. The molecule has 1 atom stereocenters. The van der Waals surface area contributed by atoms with E-state index in [9.17, 15) is 4.79 Å². The van der Waals surface area contributed by atoms with Gasteiger partial charge in [-0.2, -0.15) is 5.10 Å². The molecule has 0 radical (unpaired) electrons. The van der Waals surface area contributed by atoms with Crippen LogP contribution in [0.15, 0.2) is 41.9 Å². The van der Waals surface area contributed by atoms with Gasteiger partial charge in [-0.15, -0.1) is 0 Å². The Morgan fingerprint density at radius 2 is 2.15 bits per heavy atom. The number of nitrogens with zero attached hydrogens (tertiary/aromatic N) is 2. The smallest absolute Gasteiger partial charge is 0.203 e. The molecule has 3 rings (SSSR count). The Hall–Kier alpha value is -2.58. The van der Waals surface area contributed by atoms with E-state index < -0.39 is 5.92 Å². The van der Waals surface area contributed by atoms with Gasteiger partial charge in [0.25, 0.3) is 0 Å². The predicted molar refractivity (Wildman–Crippen MR) is 75.2 cm³/mol. The zero-order valence-corrected chi connectivity index (χ0v) is 11.0. The van der Waals surface area contributed by atoms with E-state index in [1.807, 2.05) is 18.2 Å². The molecule has 0 spiro atoms. The molecule has 0 saturated heterocycles. The van der Waals surface area contributed by atoms with Crippen molar-refractivity contribution in [3.63, 3.8) is 0 Å². The third kappa shape index (κ3) is 1.78. The fourth-order valence-electron chi connectivity index (χ4n) is 2.35. The lowest BCUT2D eigenvalue weighted by Crippen LogP contribution is -2.17. The van der Waals surface area contributed by atoms with Crippen molar-refractivity contribution in [3.05, 3.63) is 69.4 Å². The van der Waals surface area contributed by atoms with E-state index in [2.05, 4.69) is 20.4 Å². The van der Waals surface area contributed by atoms with E-state index in [4.69, 9.17) is 18.2 Å². The zero-order valence-electron chi connectivity index (χ0n) is 10.2. The second-order valence-electron chi connectivity index (χ2n) is 4.31. The van der Waals surface area contributed by atoms with E-state index >= 15 is 0 Å². The van der Waals surface area contributed by atoms with Gasteiger partial charge in [-0.25, -0.2) is 4.85 Å². The van der Waals surface area contributed by atoms with Crippen LogP contribution in [0.25, 0.3) is 4.85 Å². The minimum absolute atomic E-state index is 0.238. The number of nitrogens with one attached hydrogen (secondary N) is 2. The fourth-order valence-corrected chi connectivity index (χ4v) is 2.60. The van der Waals surface area contributed by atoms with Gasteiger partial charge in [-0.3, -0.25) is 9.89 Å². The summed E-state index contributed by atoms with van der Waals surface area (Å²) in [6, 6.07) is 7.29. The third-order valence-electron chi connectivity index (χ3n) is 3.24. The van der Waals surface area contributed by atoms with Crippen molar-refractivity contribution in [2.24, 2.45) is 0 Å². The maximum absolute atomic E-state index is 11.2. The van der Waals surface area contributed by atoms with Gasteiger partial charge >= 0.3 is 0 Å². The van der Waals surface area contributed by atoms with E-state index in [1.165, 1.54) is 0 Å². The average molecular weight is 285 g/mol. The van der Waals surface area contributed by atoms with Crippen LogP contribution in [-0.4, -0.2) is 16.5 Å². The van der Waals surface area contributed by atoms with Crippen LogP contribution < -0.4 is 5.32 Å². The molecule has 0 fully saturated rings. The number of carbonyl (C=O) groups is 1. The number of aromatic nitrogens is 2. The van der Waals surface area contributed by atoms with E-state index in [1.54, 1.807) is 12.3 Å². The number of benzene rings is 1. The van der Waals surface area contributed by atoms with Crippen LogP contribution in [0, 0.1) is 6.57 Å². The van der Waals surface area contributed by atoms with Gasteiger partial charge in [0.1, 0.15) is 5.82 Å². The molecule has 0 saturated carbocycles. The number of allylic oxidation sites excluding steroid dienone is 2. The summed E-state index contributed by atoms with van der Waals surface area (Å²) in [6.07, 6.45) is 2.28. The third-order valence-corrected chi connectivity index (χ3v) is 3.59. The quantitative estimate of drug-likeness (QED) is 0.658.